The number of carbonyl (C=O) groups excluding carboxylic acids is 2. The minimum Gasteiger partial charge on any atom is -0.294 e. The van der Waals surface area contributed by atoms with Crippen LogP contribution in [-0.2, 0) is 9.59 Å². The maximum absolute atomic E-state index is 12.7. The topological polar surface area (TPSA) is 101 Å². The van der Waals surface area contributed by atoms with Gasteiger partial charge in [-0.3, -0.25) is 15.0 Å². The third kappa shape index (κ3) is 9.67. The number of carbonyl (C=O) groups is 2. The lowest BCUT2D eigenvalue weighted by Crippen LogP contribution is -2.43. The van der Waals surface area contributed by atoms with E-state index in [1.807, 2.05) is 24.3 Å². The van der Waals surface area contributed by atoms with Crippen molar-refractivity contribution in [2.45, 2.75) is 71.1 Å². The molecule has 1 unspecified atom stereocenters. The zero-order chi connectivity index (χ0) is 20.6. The van der Waals surface area contributed by atoms with E-state index < -0.39 is 11.8 Å². The summed E-state index contributed by atoms with van der Waals surface area (Å²) in [6.07, 6.45) is 14.7. The predicted molar refractivity (Wildman–Crippen MR) is 115 cm³/mol. The van der Waals surface area contributed by atoms with Gasteiger partial charge in [0.1, 0.15) is 0 Å². The fourth-order valence-corrected chi connectivity index (χ4v) is 3.05. The molecule has 0 saturated heterocycles. The number of allylic oxidation sites excluding steroid dienone is 1. The summed E-state index contributed by atoms with van der Waals surface area (Å²) in [4.78, 5) is 24.4. The molecule has 0 spiro atoms. The second kappa shape index (κ2) is 14.8. The molecule has 6 nitrogen and oxygen atoms in total. The van der Waals surface area contributed by atoms with Crippen LogP contribution in [0, 0.1) is 5.92 Å². The van der Waals surface area contributed by atoms with Gasteiger partial charge in [-0.15, -0.1) is 0 Å². The van der Waals surface area contributed by atoms with Gasteiger partial charge in [-0.2, -0.15) is 0 Å². The van der Waals surface area contributed by atoms with Gasteiger partial charge in [-0.05, 0) is 25.0 Å². The van der Waals surface area contributed by atoms with Crippen LogP contribution in [0.1, 0.15) is 71.1 Å². The first kappa shape index (κ1) is 23.9. The Morgan fingerprint density at radius 1 is 1.04 bits per heavy atom. The van der Waals surface area contributed by atoms with E-state index in [2.05, 4.69) is 12.3 Å². The van der Waals surface area contributed by atoms with Crippen molar-refractivity contribution in [1.29, 1.82) is 0 Å². The first-order chi connectivity index (χ1) is 13.6. The molecule has 0 aliphatic carbocycles. The van der Waals surface area contributed by atoms with Gasteiger partial charge < -0.3 is 0 Å². The molecule has 0 aliphatic heterocycles. The van der Waals surface area contributed by atoms with E-state index in [1.165, 1.54) is 44.9 Å². The molecule has 0 heterocycles. The van der Waals surface area contributed by atoms with Crippen LogP contribution in [0.3, 0.4) is 0 Å². The van der Waals surface area contributed by atoms with Crippen LogP contribution in [0.2, 0.25) is 0 Å². The lowest BCUT2D eigenvalue weighted by molar-refractivity contribution is -0.127. The van der Waals surface area contributed by atoms with Crippen LogP contribution in [0.4, 0.5) is 5.69 Å². The van der Waals surface area contributed by atoms with Crippen LogP contribution < -0.4 is 22.1 Å². The van der Waals surface area contributed by atoms with E-state index in [1.54, 1.807) is 18.2 Å². The third-order valence-electron chi connectivity index (χ3n) is 4.75. The summed E-state index contributed by atoms with van der Waals surface area (Å²) in [5, 5.41) is 1.09. The molecule has 1 aromatic carbocycles. The molecule has 0 bridgehead atoms. The highest BCUT2D eigenvalue weighted by Gasteiger charge is 2.23. The number of amides is 2. The second-order valence-electron chi connectivity index (χ2n) is 7.11. The zero-order valence-electron chi connectivity index (χ0n) is 17.1. The average Bonchev–Trinajstić information content (AvgIpc) is 2.73. The van der Waals surface area contributed by atoms with Crippen molar-refractivity contribution < 1.29 is 9.59 Å². The molecule has 6 heteroatoms. The first-order valence-electron chi connectivity index (χ1n) is 10.4. The molecule has 0 aliphatic rings. The Kier molecular flexibility index (Phi) is 12.6. The van der Waals surface area contributed by atoms with E-state index >= 15 is 0 Å². The normalized spacial score (nSPS) is 12.1. The Labute approximate surface area is 169 Å². The van der Waals surface area contributed by atoms with E-state index in [9.17, 15) is 9.59 Å². The van der Waals surface area contributed by atoms with Crippen molar-refractivity contribution in [2.24, 2.45) is 17.6 Å². The summed E-state index contributed by atoms with van der Waals surface area (Å²) < 4.78 is 0. The molecule has 1 atom stereocenters. The van der Waals surface area contributed by atoms with Gasteiger partial charge in [0.2, 0.25) is 11.8 Å². The maximum Gasteiger partial charge on any atom is 0.248 e. The average molecular weight is 389 g/mol. The minimum absolute atomic E-state index is 0.0240. The maximum atomic E-state index is 12.7. The quantitative estimate of drug-likeness (QED) is 0.147. The van der Waals surface area contributed by atoms with Crippen molar-refractivity contribution in [3.63, 3.8) is 0 Å². The molecule has 0 saturated carbocycles. The van der Waals surface area contributed by atoms with E-state index in [-0.39, 0.29) is 12.3 Å². The number of nitrogens with zero attached hydrogens (tertiary/aromatic N) is 1. The summed E-state index contributed by atoms with van der Waals surface area (Å²) in [7, 11) is 0. The van der Waals surface area contributed by atoms with Gasteiger partial charge in [0, 0.05) is 6.42 Å². The van der Waals surface area contributed by atoms with Crippen LogP contribution >= 0.6 is 0 Å². The SMILES string of the molecule is CCCCCCCCCCC=CC(CC(=O)NN)C(=O)N(N)c1ccccc1. The third-order valence-corrected chi connectivity index (χ3v) is 4.75. The van der Waals surface area contributed by atoms with Crippen molar-refractivity contribution in [2.75, 3.05) is 5.01 Å². The first-order valence-corrected chi connectivity index (χ1v) is 10.4. The van der Waals surface area contributed by atoms with E-state index in [0.29, 0.717) is 5.69 Å². The molecule has 156 valence electrons. The van der Waals surface area contributed by atoms with Crippen LogP contribution in [0.25, 0.3) is 0 Å². The number of hydrogen-bond donors (Lipinski definition) is 3. The summed E-state index contributed by atoms with van der Waals surface area (Å²) in [6.45, 7) is 2.23. The number of para-hydroxylation sites is 1. The van der Waals surface area contributed by atoms with Gasteiger partial charge in [0.15, 0.2) is 0 Å². The molecule has 1 aromatic rings. The van der Waals surface area contributed by atoms with Crippen molar-refractivity contribution in [3.05, 3.63) is 42.5 Å². The summed E-state index contributed by atoms with van der Waals surface area (Å²) >= 11 is 0. The number of anilines is 1. The number of rotatable bonds is 14. The Balaban J connectivity index is 2.47. The molecular formula is C22H36N4O2. The van der Waals surface area contributed by atoms with E-state index in [4.69, 9.17) is 11.7 Å². The van der Waals surface area contributed by atoms with Gasteiger partial charge in [-0.25, -0.2) is 16.7 Å². The van der Waals surface area contributed by atoms with Crippen molar-refractivity contribution in [1.82, 2.24) is 5.43 Å². The highest BCUT2D eigenvalue weighted by Crippen LogP contribution is 2.17. The van der Waals surface area contributed by atoms with Gasteiger partial charge >= 0.3 is 0 Å². The van der Waals surface area contributed by atoms with Crippen molar-refractivity contribution in [3.8, 4) is 0 Å². The number of hydrazine groups is 2. The van der Waals surface area contributed by atoms with Crippen molar-refractivity contribution >= 4 is 17.5 Å². The summed E-state index contributed by atoms with van der Waals surface area (Å²) in [6, 6.07) is 8.97. The Morgan fingerprint density at radius 2 is 1.64 bits per heavy atom. The number of benzene rings is 1. The molecular weight excluding hydrogens is 352 g/mol. The summed E-state index contributed by atoms with van der Waals surface area (Å²) in [5.74, 6) is 9.78. The monoisotopic (exact) mass is 388 g/mol. The molecule has 1 rings (SSSR count). The van der Waals surface area contributed by atoms with Crippen LogP contribution in [0.15, 0.2) is 42.5 Å². The Morgan fingerprint density at radius 3 is 2.25 bits per heavy atom. The zero-order valence-corrected chi connectivity index (χ0v) is 17.1. The fourth-order valence-electron chi connectivity index (χ4n) is 3.05. The molecule has 0 fully saturated rings. The largest absolute Gasteiger partial charge is 0.294 e. The second-order valence-corrected chi connectivity index (χ2v) is 7.11. The van der Waals surface area contributed by atoms with Crippen LogP contribution in [0.5, 0.6) is 0 Å². The van der Waals surface area contributed by atoms with Crippen LogP contribution in [-0.4, -0.2) is 11.8 Å². The molecule has 5 N–H and O–H groups in total. The standard InChI is InChI=1S/C22H36N4O2/c1-2-3-4-5-6-7-8-9-10-12-15-19(18-21(27)25-23)22(28)26(24)20-16-13-11-14-17-20/h11-17,19H,2-10,18,23-24H2,1H3,(H,25,27). The lowest BCUT2D eigenvalue weighted by Gasteiger charge is -2.21. The number of nitrogens with one attached hydrogen (secondary N) is 1. The fraction of sp³-hybridized carbons (Fsp3) is 0.545. The molecule has 0 aromatic heterocycles. The number of unbranched alkanes of at least 4 members (excludes halogenated alkanes) is 8. The minimum atomic E-state index is -0.636. The molecule has 2 amide bonds. The number of nitrogens with two attached hydrogens (primary N) is 2. The number of hydrogen-bond acceptors (Lipinski definition) is 4. The van der Waals surface area contributed by atoms with Gasteiger partial charge in [0.25, 0.3) is 0 Å². The lowest BCUT2D eigenvalue weighted by atomic mass is 10.0. The highest BCUT2D eigenvalue weighted by molar-refractivity contribution is 5.97. The van der Waals surface area contributed by atoms with Gasteiger partial charge in [0.05, 0.1) is 11.6 Å². The Bertz CT molecular complexity index is 589. The predicted octanol–water partition coefficient (Wildman–Crippen LogP) is 3.98. The highest BCUT2D eigenvalue weighted by atomic mass is 16.2. The smallest absolute Gasteiger partial charge is 0.248 e. The van der Waals surface area contributed by atoms with E-state index in [0.717, 1.165) is 17.9 Å². The molecule has 28 heavy (non-hydrogen) atoms. The molecule has 0 radical (unpaired) electrons. The summed E-state index contributed by atoms with van der Waals surface area (Å²) in [5.41, 5.74) is 2.67. The Hall–Kier alpha value is -2.18. The van der Waals surface area contributed by atoms with Gasteiger partial charge in [-0.1, -0.05) is 82.2 Å².